The van der Waals surface area contributed by atoms with E-state index in [1.165, 1.54) is 36.4 Å². The summed E-state index contributed by atoms with van der Waals surface area (Å²) in [6, 6.07) is 12.6. The highest BCUT2D eigenvalue weighted by molar-refractivity contribution is 6.15. The third-order valence-electron chi connectivity index (χ3n) is 3.39. The van der Waals surface area contributed by atoms with Crippen molar-refractivity contribution >= 4 is 17.4 Å². The van der Waals surface area contributed by atoms with Crippen LogP contribution in [0.15, 0.2) is 48.5 Å². The van der Waals surface area contributed by atoms with E-state index in [0.717, 1.165) is 12.1 Å². The Balaban J connectivity index is 2.23. The summed E-state index contributed by atoms with van der Waals surface area (Å²) in [5, 5.41) is 20.1. The van der Waals surface area contributed by atoms with E-state index in [9.17, 15) is 22.8 Å². The molecule has 0 bridgehead atoms. The lowest BCUT2D eigenvalue weighted by atomic mass is 9.96. The molecule has 1 amide bonds. The minimum Gasteiger partial charge on any atom is -0.325 e. The highest BCUT2D eigenvalue weighted by atomic mass is 19.4. The van der Waals surface area contributed by atoms with Gasteiger partial charge in [-0.25, -0.2) is 0 Å². The number of hydrogen-bond donors (Lipinski definition) is 1. The lowest BCUT2D eigenvalue weighted by molar-refractivity contribution is -0.137. The fourth-order valence-electron chi connectivity index (χ4n) is 2.13. The number of amides is 1. The summed E-state index contributed by atoms with van der Waals surface area (Å²) in [4.78, 5) is 24.5. The fourth-order valence-corrected chi connectivity index (χ4v) is 2.13. The van der Waals surface area contributed by atoms with Crippen LogP contribution in [0.25, 0.3) is 0 Å². The zero-order chi connectivity index (χ0) is 19.3. The molecule has 0 aliphatic carbocycles. The van der Waals surface area contributed by atoms with Gasteiger partial charge in [0.15, 0.2) is 11.7 Å². The number of carbonyl (C=O) groups is 2. The van der Waals surface area contributed by atoms with Crippen molar-refractivity contribution in [2.24, 2.45) is 5.92 Å². The number of ketones is 1. The molecule has 0 aromatic heterocycles. The molecule has 1 atom stereocenters. The van der Waals surface area contributed by atoms with Crippen LogP contribution in [0.2, 0.25) is 0 Å². The molecule has 0 aliphatic heterocycles. The molecule has 8 heteroatoms. The second-order valence-corrected chi connectivity index (χ2v) is 5.19. The zero-order valence-corrected chi connectivity index (χ0v) is 13.0. The van der Waals surface area contributed by atoms with Gasteiger partial charge in [-0.15, -0.1) is 0 Å². The van der Waals surface area contributed by atoms with Crippen LogP contribution >= 0.6 is 0 Å². The molecule has 2 aromatic rings. The smallest absolute Gasteiger partial charge is 0.325 e. The van der Waals surface area contributed by atoms with Crippen molar-refractivity contribution in [2.75, 3.05) is 5.32 Å². The Bertz CT molecular complexity index is 940. The molecule has 0 radical (unpaired) electrons. The van der Waals surface area contributed by atoms with Gasteiger partial charge in [-0.05, 0) is 30.3 Å². The number of benzene rings is 2. The summed E-state index contributed by atoms with van der Waals surface area (Å²) >= 11 is 0. The van der Waals surface area contributed by atoms with Gasteiger partial charge in [0.1, 0.15) is 0 Å². The average Bonchev–Trinajstić information content (AvgIpc) is 2.61. The maximum Gasteiger partial charge on any atom is 0.416 e. The molecular weight excluding hydrogens is 347 g/mol. The van der Waals surface area contributed by atoms with Gasteiger partial charge in [-0.1, -0.05) is 18.2 Å². The van der Waals surface area contributed by atoms with Crippen molar-refractivity contribution in [2.45, 2.75) is 6.18 Å². The molecule has 0 fully saturated rings. The van der Waals surface area contributed by atoms with Gasteiger partial charge in [0.05, 0.1) is 23.3 Å². The quantitative estimate of drug-likeness (QED) is 0.669. The van der Waals surface area contributed by atoms with E-state index >= 15 is 0 Å². The normalized spacial score (nSPS) is 11.7. The first-order chi connectivity index (χ1) is 12.3. The van der Waals surface area contributed by atoms with Crippen LogP contribution in [0, 0.1) is 28.6 Å². The van der Waals surface area contributed by atoms with Crippen molar-refractivity contribution in [1.29, 1.82) is 10.5 Å². The Morgan fingerprint density at radius 2 is 1.73 bits per heavy atom. The van der Waals surface area contributed by atoms with Crippen molar-refractivity contribution < 1.29 is 22.8 Å². The zero-order valence-electron chi connectivity index (χ0n) is 13.0. The number of nitrogens with zero attached hydrogens (tertiary/aromatic N) is 2. The van der Waals surface area contributed by atoms with Gasteiger partial charge in [0.25, 0.3) is 0 Å². The monoisotopic (exact) mass is 357 g/mol. The Morgan fingerprint density at radius 1 is 1.04 bits per heavy atom. The van der Waals surface area contributed by atoms with E-state index < -0.39 is 29.3 Å². The van der Waals surface area contributed by atoms with E-state index in [1.54, 1.807) is 0 Å². The van der Waals surface area contributed by atoms with E-state index in [-0.39, 0.29) is 16.8 Å². The molecule has 2 aromatic carbocycles. The van der Waals surface area contributed by atoms with Crippen LogP contribution in [0.1, 0.15) is 21.5 Å². The van der Waals surface area contributed by atoms with Crippen LogP contribution in [0.5, 0.6) is 0 Å². The van der Waals surface area contributed by atoms with Crippen LogP contribution in [-0.4, -0.2) is 11.7 Å². The van der Waals surface area contributed by atoms with Crippen molar-refractivity contribution in [3.8, 4) is 12.1 Å². The molecule has 0 heterocycles. The van der Waals surface area contributed by atoms with Crippen LogP contribution in [0.3, 0.4) is 0 Å². The molecule has 0 spiro atoms. The summed E-state index contributed by atoms with van der Waals surface area (Å²) in [5.74, 6) is -3.67. The summed E-state index contributed by atoms with van der Waals surface area (Å²) < 4.78 is 38.1. The summed E-state index contributed by atoms with van der Waals surface area (Å²) in [6.07, 6.45) is -4.59. The first-order valence-electron chi connectivity index (χ1n) is 7.18. The molecule has 130 valence electrons. The average molecular weight is 357 g/mol. The predicted molar refractivity (Wildman–Crippen MR) is 84.7 cm³/mol. The first kappa shape index (κ1) is 18.7. The number of rotatable bonds is 4. The molecule has 1 N–H and O–H groups in total. The molecule has 5 nitrogen and oxygen atoms in total. The molecule has 1 unspecified atom stereocenters. The van der Waals surface area contributed by atoms with Gasteiger partial charge >= 0.3 is 6.18 Å². The third-order valence-corrected chi connectivity index (χ3v) is 3.39. The molecule has 2 rings (SSSR count). The number of carbonyl (C=O) groups excluding carboxylic acids is 2. The van der Waals surface area contributed by atoms with Crippen molar-refractivity contribution in [3.05, 3.63) is 65.2 Å². The second-order valence-electron chi connectivity index (χ2n) is 5.19. The number of Topliss-reactive ketones (excluding diaryl/α,β-unsaturated/α-hetero) is 1. The Hall–Kier alpha value is -3.65. The topological polar surface area (TPSA) is 93.8 Å². The van der Waals surface area contributed by atoms with Crippen molar-refractivity contribution in [3.63, 3.8) is 0 Å². The van der Waals surface area contributed by atoms with Gasteiger partial charge in [-0.3, -0.25) is 9.59 Å². The fraction of sp³-hybridized carbons (Fsp3) is 0.111. The largest absolute Gasteiger partial charge is 0.416 e. The lowest BCUT2D eigenvalue weighted by Crippen LogP contribution is -2.28. The number of anilines is 1. The van der Waals surface area contributed by atoms with Gasteiger partial charge < -0.3 is 5.32 Å². The maximum absolute atomic E-state index is 12.7. The summed E-state index contributed by atoms with van der Waals surface area (Å²) in [5.41, 5.74) is -1.01. The number of alkyl halides is 3. The molecule has 0 saturated carbocycles. The molecule has 0 saturated heterocycles. The van der Waals surface area contributed by atoms with Gasteiger partial charge in [0, 0.05) is 11.3 Å². The summed E-state index contributed by atoms with van der Waals surface area (Å²) in [6.45, 7) is 0. The maximum atomic E-state index is 12.7. The van der Waals surface area contributed by atoms with Crippen LogP contribution in [0.4, 0.5) is 18.9 Å². The first-order valence-corrected chi connectivity index (χ1v) is 7.18. The van der Waals surface area contributed by atoms with E-state index in [0.29, 0.717) is 6.07 Å². The SMILES string of the molecule is N#Cc1cccc(C(=O)C(C#N)C(=O)Nc2cccc(C(F)(F)F)c2)c1. The third kappa shape index (κ3) is 4.25. The second kappa shape index (κ2) is 7.49. The van der Waals surface area contributed by atoms with Crippen molar-refractivity contribution in [1.82, 2.24) is 0 Å². The Labute approximate surface area is 146 Å². The number of halogens is 3. The number of hydrogen-bond acceptors (Lipinski definition) is 4. The van der Waals surface area contributed by atoms with Gasteiger partial charge in [-0.2, -0.15) is 23.7 Å². The van der Waals surface area contributed by atoms with Gasteiger partial charge in [0.2, 0.25) is 5.91 Å². The number of nitrogens with one attached hydrogen (secondary N) is 1. The van der Waals surface area contributed by atoms with Crippen LogP contribution < -0.4 is 5.32 Å². The Kier molecular flexibility index (Phi) is 5.39. The molecule has 0 aliphatic rings. The minimum absolute atomic E-state index is 0.0187. The lowest BCUT2D eigenvalue weighted by Gasteiger charge is -2.12. The summed E-state index contributed by atoms with van der Waals surface area (Å²) in [7, 11) is 0. The minimum atomic E-state index is -4.59. The standard InChI is InChI=1S/C18H10F3N3O2/c19-18(20,21)13-5-2-6-14(8-13)24-17(26)15(10-23)16(25)12-4-1-3-11(7-12)9-22/h1-8,15H,(H,24,26). The van der Waals surface area contributed by atoms with E-state index in [1.807, 2.05) is 6.07 Å². The number of nitriles is 2. The predicted octanol–water partition coefficient (Wildman–Crippen LogP) is 3.54. The Morgan fingerprint density at radius 3 is 2.35 bits per heavy atom. The van der Waals surface area contributed by atoms with E-state index in [2.05, 4.69) is 5.32 Å². The highest BCUT2D eigenvalue weighted by Gasteiger charge is 2.31. The van der Waals surface area contributed by atoms with E-state index in [4.69, 9.17) is 10.5 Å². The molecule has 26 heavy (non-hydrogen) atoms. The highest BCUT2D eigenvalue weighted by Crippen LogP contribution is 2.30. The van der Waals surface area contributed by atoms with Crippen LogP contribution in [-0.2, 0) is 11.0 Å². The molecular formula is C18H10F3N3O2.